The van der Waals surface area contributed by atoms with Crippen molar-refractivity contribution in [1.29, 1.82) is 0 Å². The highest BCUT2D eigenvalue weighted by Crippen LogP contribution is 2.33. The zero-order chi connectivity index (χ0) is 16.8. The van der Waals surface area contributed by atoms with Crippen LogP contribution in [0.1, 0.15) is 17.0 Å². The number of halogens is 1. The van der Waals surface area contributed by atoms with Gasteiger partial charge in [-0.2, -0.15) is 0 Å². The summed E-state index contributed by atoms with van der Waals surface area (Å²) >= 11 is 0. The minimum Gasteiger partial charge on any atom is -0.493 e. The van der Waals surface area contributed by atoms with Gasteiger partial charge in [0, 0.05) is 18.3 Å². The molecule has 1 amide bonds. The molecule has 6 heteroatoms. The second-order valence-electron chi connectivity index (χ2n) is 5.21. The fourth-order valence-corrected chi connectivity index (χ4v) is 2.41. The number of aryl methyl sites for hydroxylation is 1. The standard InChI is InChI=1S/C18H22N2O3.ClH/c1-12-9-16(22-2)17(23-3)10-15(12)20-18(21)14(11-19)13-7-5-4-6-8-13;/h4-10,14H,11,19H2,1-3H3,(H,20,21);1H. The SMILES string of the molecule is COc1cc(C)c(NC(=O)C(CN)c2ccccc2)cc1OC.Cl. The van der Waals surface area contributed by atoms with Crippen LogP contribution in [0.2, 0.25) is 0 Å². The van der Waals surface area contributed by atoms with E-state index in [1.165, 1.54) is 0 Å². The summed E-state index contributed by atoms with van der Waals surface area (Å²) in [5, 5.41) is 2.93. The number of nitrogens with one attached hydrogen (secondary N) is 1. The third-order valence-electron chi connectivity index (χ3n) is 3.74. The quantitative estimate of drug-likeness (QED) is 0.839. The van der Waals surface area contributed by atoms with Crippen LogP contribution in [0, 0.1) is 6.92 Å². The molecular weight excluding hydrogens is 328 g/mol. The maximum absolute atomic E-state index is 12.6. The highest BCUT2D eigenvalue weighted by molar-refractivity contribution is 5.97. The van der Waals surface area contributed by atoms with Gasteiger partial charge in [0.2, 0.25) is 5.91 Å². The fraction of sp³-hybridized carbons (Fsp3) is 0.278. The summed E-state index contributed by atoms with van der Waals surface area (Å²) < 4.78 is 10.5. The summed E-state index contributed by atoms with van der Waals surface area (Å²) in [6.45, 7) is 2.14. The van der Waals surface area contributed by atoms with E-state index in [9.17, 15) is 4.79 Å². The number of ether oxygens (including phenoxy) is 2. The summed E-state index contributed by atoms with van der Waals surface area (Å²) in [6.07, 6.45) is 0. The zero-order valence-corrected chi connectivity index (χ0v) is 14.9. The Balaban J connectivity index is 0.00000288. The molecule has 24 heavy (non-hydrogen) atoms. The van der Waals surface area contributed by atoms with Gasteiger partial charge in [-0.3, -0.25) is 4.79 Å². The van der Waals surface area contributed by atoms with Gasteiger partial charge < -0.3 is 20.5 Å². The van der Waals surface area contributed by atoms with E-state index in [-0.39, 0.29) is 24.9 Å². The number of benzene rings is 2. The van der Waals surface area contributed by atoms with E-state index >= 15 is 0 Å². The molecule has 0 aliphatic rings. The van der Waals surface area contributed by atoms with Crippen LogP contribution in [0.5, 0.6) is 11.5 Å². The number of hydrogen-bond donors (Lipinski definition) is 2. The van der Waals surface area contributed by atoms with Gasteiger partial charge in [0.15, 0.2) is 11.5 Å². The molecule has 0 aromatic heterocycles. The number of amides is 1. The van der Waals surface area contributed by atoms with Crippen molar-refractivity contribution >= 4 is 24.0 Å². The molecule has 3 N–H and O–H groups in total. The Hall–Kier alpha value is -2.24. The largest absolute Gasteiger partial charge is 0.493 e. The Morgan fingerprint density at radius 1 is 1.12 bits per heavy atom. The molecular formula is C18H23ClN2O3. The number of nitrogens with two attached hydrogens (primary N) is 1. The van der Waals surface area contributed by atoms with E-state index < -0.39 is 5.92 Å². The first-order chi connectivity index (χ1) is 11.1. The summed E-state index contributed by atoms with van der Waals surface area (Å²) in [5.41, 5.74) is 8.26. The second kappa shape index (κ2) is 9.15. The van der Waals surface area contributed by atoms with Crippen molar-refractivity contribution in [3.63, 3.8) is 0 Å². The predicted molar refractivity (Wildman–Crippen MR) is 98.4 cm³/mol. The Labute approximate surface area is 148 Å². The van der Waals surface area contributed by atoms with Crippen LogP contribution < -0.4 is 20.5 Å². The van der Waals surface area contributed by atoms with Crippen molar-refractivity contribution in [3.8, 4) is 11.5 Å². The summed E-state index contributed by atoms with van der Waals surface area (Å²) in [7, 11) is 3.14. The van der Waals surface area contributed by atoms with Gasteiger partial charge in [0.05, 0.1) is 20.1 Å². The van der Waals surface area contributed by atoms with Crippen molar-refractivity contribution in [1.82, 2.24) is 0 Å². The molecule has 130 valence electrons. The van der Waals surface area contributed by atoms with E-state index in [1.807, 2.05) is 43.3 Å². The molecule has 1 atom stereocenters. The molecule has 1 unspecified atom stereocenters. The number of rotatable bonds is 6. The molecule has 0 fully saturated rings. The minimum absolute atomic E-state index is 0. The zero-order valence-electron chi connectivity index (χ0n) is 14.0. The topological polar surface area (TPSA) is 73.6 Å². The lowest BCUT2D eigenvalue weighted by Crippen LogP contribution is -2.27. The molecule has 2 aromatic rings. The smallest absolute Gasteiger partial charge is 0.233 e. The Morgan fingerprint density at radius 2 is 1.71 bits per heavy atom. The lowest BCUT2D eigenvalue weighted by Gasteiger charge is -2.18. The first-order valence-electron chi connectivity index (χ1n) is 7.39. The predicted octanol–water partition coefficient (Wildman–Crippen LogP) is 3.12. The maximum atomic E-state index is 12.6. The molecule has 0 aliphatic carbocycles. The van der Waals surface area contributed by atoms with Crippen LogP contribution in [0.3, 0.4) is 0 Å². The van der Waals surface area contributed by atoms with Crippen LogP contribution in [0.25, 0.3) is 0 Å². The van der Waals surface area contributed by atoms with Crippen molar-refractivity contribution in [3.05, 3.63) is 53.6 Å². The van der Waals surface area contributed by atoms with Crippen LogP contribution in [0.4, 0.5) is 5.69 Å². The molecule has 0 bridgehead atoms. The molecule has 5 nitrogen and oxygen atoms in total. The van der Waals surface area contributed by atoms with Gasteiger partial charge in [-0.1, -0.05) is 30.3 Å². The van der Waals surface area contributed by atoms with Crippen LogP contribution in [-0.4, -0.2) is 26.7 Å². The van der Waals surface area contributed by atoms with E-state index in [2.05, 4.69) is 5.32 Å². The van der Waals surface area contributed by atoms with Gasteiger partial charge in [0.1, 0.15) is 0 Å². The second-order valence-corrected chi connectivity index (χ2v) is 5.21. The number of methoxy groups -OCH3 is 2. The average molecular weight is 351 g/mol. The maximum Gasteiger partial charge on any atom is 0.233 e. The third-order valence-corrected chi connectivity index (χ3v) is 3.74. The third kappa shape index (κ3) is 4.40. The highest BCUT2D eigenvalue weighted by Gasteiger charge is 2.20. The lowest BCUT2D eigenvalue weighted by molar-refractivity contribution is -0.117. The Morgan fingerprint density at radius 3 is 2.25 bits per heavy atom. The number of carbonyl (C=O) groups excluding carboxylic acids is 1. The summed E-state index contributed by atoms with van der Waals surface area (Å²) in [4.78, 5) is 12.6. The normalized spacial score (nSPS) is 11.2. The molecule has 0 saturated heterocycles. The average Bonchev–Trinajstić information content (AvgIpc) is 2.58. The summed E-state index contributed by atoms with van der Waals surface area (Å²) in [6, 6.07) is 13.1. The van der Waals surface area contributed by atoms with Gasteiger partial charge in [-0.05, 0) is 24.1 Å². The van der Waals surface area contributed by atoms with E-state index in [0.29, 0.717) is 17.2 Å². The van der Waals surface area contributed by atoms with E-state index in [4.69, 9.17) is 15.2 Å². The minimum atomic E-state index is -0.399. The molecule has 0 heterocycles. The molecule has 2 rings (SSSR count). The van der Waals surface area contributed by atoms with E-state index in [0.717, 1.165) is 11.1 Å². The Kier molecular flexibility index (Phi) is 7.55. The van der Waals surface area contributed by atoms with Gasteiger partial charge in [0.25, 0.3) is 0 Å². The van der Waals surface area contributed by atoms with Gasteiger partial charge in [-0.25, -0.2) is 0 Å². The lowest BCUT2D eigenvalue weighted by atomic mass is 9.98. The first-order valence-corrected chi connectivity index (χ1v) is 7.39. The van der Waals surface area contributed by atoms with Gasteiger partial charge in [-0.15, -0.1) is 12.4 Å². The monoisotopic (exact) mass is 350 g/mol. The number of hydrogen-bond acceptors (Lipinski definition) is 4. The summed E-state index contributed by atoms with van der Waals surface area (Å²) in [5.74, 6) is 0.650. The molecule has 2 aromatic carbocycles. The number of anilines is 1. The molecule has 0 aliphatic heterocycles. The van der Waals surface area contributed by atoms with Gasteiger partial charge >= 0.3 is 0 Å². The first kappa shape index (κ1) is 19.8. The molecule has 0 saturated carbocycles. The van der Waals surface area contributed by atoms with Crippen molar-refractivity contribution in [2.45, 2.75) is 12.8 Å². The Bertz CT molecular complexity index is 677. The van der Waals surface area contributed by atoms with Crippen LogP contribution >= 0.6 is 12.4 Å². The van der Waals surface area contributed by atoms with Crippen molar-refractivity contribution in [2.75, 3.05) is 26.1 Å². The number of carbonyl (C=O) groups is 1. The van der Waals surface area contributed by atoms with E-state index in [1.54, 1.807) is 20.3 Å². The fourth-order valence-electron chi connectivity index (χ4n) is 2.41. The highest BCUT2D eigenvalue weighted by atomic mass is 35.5. The van der Waals surface area contributed by atoms with Crippen molar-refractivity contribution < 1.29 is 14.3 Å². The van der Waals surface area contributed by atoms with Crippen LogP contribution in [0.15, 0.2) is 42.5 Å². The van der Waals surface area contributed by atoms with Crippen molar-refractivity contribution in [2.24, 2.45) is 5.73 Å². The van der Waals surface area contributed by atoms with Crippen LogP contribution in [-0.2, 0) is 4.79 Å². The molecule has 0 radical (unpaired) electrons. The molecule has 0 spiro atoms.